The molecule has 1 aliphatic rings. The van der Waals surface area contributed by atoms with E-state index in [1.54, 1.807) is 66.7 Å². The fourth-order valence-corrected chi connectivity index (χ4v) is 6.36. The number of aromatic nitrogens is 2. The van der Waals surface area contributed by atoms with Gasteiger partial charge in [0, 0.05) is 22.6 Å². The van der Waals surface area contributed by atoms with Gasteiger partial charge in [-0.25, -0.2) is 9.36 Å². The Hall–Kier alpha value is -4.79. The number of aliphatic carboxylic acids is 1. The van der Waals surface area contributed by atoms with E-state index in [9.17, 15) is 39.8 Å². The van der Waals surface area contributed by atoms with Crippen LogP contribution in [0.4, 0.5) is 0 Å². The third-order valence-electron chi connectivity index (χ3n) is 7.05. The molecular weight excluding hydrogens is 611 g/mol. The van der Waals surface area contributed by atoms with Crippen molar-refractivity contribution in [1.82, 2.24) is 14.6 Å². The lowest BCUT2D eigenvalue weighted by Crippen LogP contribution is -2.46. The van der Waals surface area contributed by atoms with Gasteiger partial charge in [0.2, 0.25) is 5.72 Å². The molecule has 0 radical (unpaired) electrons. The smallest absolute Gasteiger partial charge is 0.459 e. The number of hydrogen-bond donors (Lipinski definition) is 5. The van der Waals surface area contributed by atoms with Gasteiger partial charge in [-0.3, -0.25) is 23.7 Å². The number of aromatic amines is 1. The molecule has 0 saturated carbocycles. The minimum atomic E-state index is -4.77. The van der Waals surface area contributed by atoms with Crippen LogP contribution in [0.5, 0.6) is 5.75 Å². The van der Waals surface area contributed by atoms with Crippen molar-refractivity contribution < 1.29 is 38.5 Å². The molecule has 16 nitrogen and oxygen atoms in total. The number of benzene rings is 3. The first-order chi connectivity index (χ1) is 21.5. The van der Waals surface area contributed by atoms with Crippen molar-refractivity contribution in [1.29, 1.82) is 0 Å². The van der Waals surface area contributed by atoms with Gasteiger partial charge in [0.15, 0.2) is 6.23 Å². The van der Waals surface area contributed by atoms with E-state index < -0.39 is 61.8 Å². The fraction of sp³-hybridized carbons (Fsp3) is 0.250. The third kappa shape index (κ3) is 6.82. The number of rotatable bonds is 12. The van der Waals surface area contributed by atoms with E-state index in [1.165, 1.54) is 6.07 Å². The van der Waals surface area contributed by atoms with Crippen molar-refractivity contribution in [2.75, 3.05) is 6.61 Å². The largest absolute Gasteiger partial charge is 0.480 e. The lowest BCUT2D eigenvalue weighted by molar-refractivity contribution is -0.139. The summed E-state index contributed by atoms with van der Waals surface area (Å²) in [7, 11) is -4.77. The summed E-state index contributed by atoms with van der Waals surface area (Å²) in [5.74, 6) is -1.34. The molecule has 0 bridgehead atoms. The molecule has 4 aromatic rings. The Balaban J connectivity index is 1.50. The summed E-state index contributed by atoms with van der Waals surface area (Å²) in [6.45, 7) is -1.05. The van der Waals surface area contributed by atoms with E-state index >= 15 is 0 Å². The van der Waals surface area contributed by atoms with Crippen molar-refractivity contribution in [2.24, 2.45) is 5.11 Å². The molecule has 0 spiro atoms. The number of hydrogen-bond acceptors (Lipinski definition) is 10. The van der Waals surface area contributed by atoms with E-state index in [0.29, 0.717) is 16.3 Å². The van der Waals surface area contributed by atoms with Crippen LogP contribution in [-0.4, -0.2) is 61.4 Å². The monoisotopic (exact) mass is 638 g/mol. The van der Waals surface area contributed by atoms with Gasteiger partial charge in [-0.05, 0) is 29.0 Å². The molecule has 17 heteroatoms. The lowest BCUT2D eigenvalue weighted by atomic mass is 10.1. The molecule has 3 aromatic carbocycles. The SMILES string of the molecule is [N-]=[N+]=N[C@]1(COP(=O)(N[C@@H](Cc2ccccc2)C(=O)O)Oc2cccc3ccccc23)O[C@@H](n2ccc(=O)[nH]c2=O)[C@H](O)[C@@H]1O. The molecule has 1 unspecified atom stereocenters. The molecule has 1 saturated heterocycles. The number of fused-ring (bicyclic) bond motifs is 1. The van der Waals surface area contributed by atoms with Crippen LogP contribution in [0.2, 0.25) is 0 Å². The highest BCUT2D eigenvalue weighted by Gasteiger charge is 2.56. The predicted octanol–water partition coefficient (Wildman–Crippen LogP) is 2.44. The second-order valence-electron chi connectivity index (χ2n) is 10.0. The van der Waals surface area contributed by atoms with Gasteiger partial charge in [0.05, 0.1) is 6.61 Å². The van der Waals surface area contributed by atoms with Crippen molar-refractivity contribution in [3.05, 3.63) is 122 Å². The van der Waals surface area contributed by atoms with Gasteiger partial charge in [0.25, 0.3) is 5.56 Å². The molecule has 1 aromatic heterocycles. The van der Waals surface area contributed by atoms with Crippen molar-refractivity contribution in [3.63, 3.8) is 0 Å². The first kappa shape index (κ1) is 31.6. The number of azide groups is 1. The van der Waals surface area contributed by atoms with E-state index in [1.807, 2.05) is 4.98 Å². The van der Waals surface area contributed by atoms with Crippen LogP contribution in [0.15, 0.2) is 99.8 Å². The maximum atomic E-state index is 14.4. The number of carbonyl (C=O) groups is 1. The second-order valence-corrected chi connectivity index (χ2v) is 11.7. The summed E-state index contributed by atoms with van der Waals surface area (Å²) in [5.41, 5.74) is 5.68. The van der Waals surface area contributed by atoms with Crippen LogP contribution in [0.25, 0.3) is 21.2 Å². The number of nitrogens with zero attached hydrogens (tertiary/aromatic N) is 4. The maximum Gasteiger partial charge on any atom is 0.459 e. The highest BCUT2D eigenvalue weighted by molar-refractivity contribution is 7.52. The van der Waals surface area contributed by atoms with Gasteiger partial charge in [-0.2, -0.15) is 5.09 Å². The summed E-state index contributed by atoms with van der Waals surface area (Å²) in [4.78, 5) is 40.9. The Kier molecular flexibility index (Phi) is 9.18. The van der Waals surface area contributed by atoms with Gasteiger partial charge >= 0.3 is 19.4 Å². The molecule has 234 valence electrons. The number of nitrogens with one attached hydrogen (secondary N) is 2. The number of carboxylic acids is 1. The molecule has 5 N–H and O–H groups in total. The van der Waals surface area contributed by atoms with Crippen LogP contribution in [-0.2, 0) is 25.0 Å². The van der Waals surface area contributed by atoms with Crippen LogP contribution in [0, 0.1) is 0 Å². The van der Waals surface area contributed by atoms with Crippen LogP contribution >= 0.6 is 7.75 Å². The number of ether oxygens (including phenoxy) is 1. The molecule has 6 atom stereocenters. The average molecular weight is 639 g/mol. The van der Waals surface area contributed by atoms with E-state index in [0.717, 1.165) is 16.8 Å². The molecule has 1 fully saturated rings. The van der Waals surface area contributed by atoms with Crippen LogP contribution in [0.1, 0.15) is 11.8 Å². The number of carboxylic acid groups (broad SMARTS) is 1. The Morgan fingerprint density at radius 1 is 1.11 bits per heavy atom. The number of aliphatic hydroxyl groups is 2. The number of H-pyrrole nitrogens is 1. The summed E-state index contributed by atoms with van der Waals surface area (Å²) in [6, 6.07) is 19.8. The predicted molar refractivity (Wildman–Crippen MR) is 158 cm³/mol. The molecule has 1 aliphatic heterocycles. The van der Waals surface area contributed by atoms with Crippen LogP contribution in [0.3, 0.4) is 0 Å². The van der Waals surface area contributed by atoms with Crippen molar-refractivity contribution in [2.45, 2.75) is 36.6 Å². The zero-order valence-corrected chi connectivity index (χ0v) is 24.1. The molecule has 0 amide bonds. The lowest BCUT2D eigenvalue weighted by Gasteiger charge is -2.30. The molecule has 0 aliphatic carbocycles. The first-order valence-corrected chi connectivity index (χ1v) is 15.0. The van der Waals surface area contributed by atoms with Crippen molar-refractivity contribution in [3.8, 4) is 5.75 Å². The maximum absolute atomic E-state index is 14.4. The Morgan fingerprint density at radius 3 is 2.53 bits per heavy atom. The minimum Gasteiger partial charge on any atom is -0.480 e. The molecule has 5 rings (SSSR count). The summed E-state index contributed by atoms with van der Waals surface area (Å²) in [5, 5.41) is 38.9. The van der Waals surface area contributed by atoms with E-state index in [2.05, 4.69) is 15.1 Å². The standard InChI is InChI=1S/C28H27N6O10P/c29-33-32-28(24(37)23(36)25(43-28)34-14-13-22(35)30-27(34)40)16-42-45(41,31-20(26(38)39)15-17-7-2-1-3-8-17)44-21-12-6-10-18-9-4-5-11-19(18)21/h1-14,20,23-25,36-37H,15-16H2,(H,31,41)(H,38,39)(H,30,35,40)/t20-,23+,24-,25+,28+,45?/m0/s1. The Bertz CT molecular complexity index is 1910. The topological polar surface area (TPSA) is 238 Å². The zero-order chi connectivity index (χ0) is 32.2. The van der Waals surface area contributed by atoms with Gasteiger partial charge in [0.1, 0.15) is 24.0 Å². The van der Waals surface area contributed by atoms with E-state index in [-0.39, 0.29) is 12.2 Å². The third-order valence-corrected chi connectivity index (χ3v) is 8.58. The summed E-state index contributed by atoms with van der Waals surface area (Å²) in [6.07, 6.45) is -4.79. The fourth-order valence-electron chi connectivity index (χ4n) is 4.83. The number of aliphatic hydroxyl groups excluding tert-OH is 2. The molecular formula is C28H27N6O10P. The molecule has 2 heterocycles. The van der Waals surface area contributed by atoms with Gasteiger partial charge < -0.3 is 24.6 Å². The van der Waals surface area contributed by atoms with Crippen molar-refractivity contribution >= 4 is 24.5 Å². The summed E-state index contributed by atoms with van der Waals surface area (Å²) < 4.78 is 32.3. The minimum absolute atomic E-state index is 0.0520. The molecule has 45 heavy (non-hydrogen) atoms. The average Bonchev–Trinajstić information content (AvgIpc) is 3.26. The van der Waals surface area contributed by atoms with E-state index in [4.69, 9.17) is 13.8 Å². The zero-order valence-electron chi connectivity index (χ0n) is 23.2. The Labute approximate surface area is 253 Å². The Morgan fingerprint density at radius 2 is 1.82 bits per heavy atom. The normalized spacial score (nSPS) is 23.1. The van der Waals surface area contributed by atoms with Gasteiger partial charge in [-0.1, -0.05) is 71.8 Å². The summed E-state index contributed by atoms with van der Waals surface area (Å²) >= 11 is 0. The highest BCUT2D eigenvalue weighted by Crippen LogP contribution is 2.49. The first-order valence-electron chi connectivity index (χ1n) is 13.4. The quantitative estimate of drug-likeness (QED) is 0.0653. The highest BCUT2D eigenvalue weighted by atomic mass is 31.2. The second kappa shape index (κ2) is 13.1. The van der Waals surface area contributed by atoms with Gasteiger partial charge in [-0.15, -0.1) is 0 Å². The van der Waals surface area contributed by atoms with Crippen LogP contribution < -0.4 is 20.9 Å².